The van der Waals surface area contributed by atoms with Gasteiger partial charge in [0.05, 0.1) is 18.7 Å². The number of carbonyl (C=O) groups is 2. The molecular weight excluding hydrogens is 435 g/mol. The predicted octanol–water partition coefficient (Wildman–Crippen LogP) is 4.53. The van der Waals surface area contributed by atoms with Crippen molar-refractivity contribution >= 4 is 40.8 Å². The second-order valence-electron chi connectivity index (χ2n) is 7.76. The largest absolute Gasteiger partial charge is 0.338 e. The van der Waals surface area contributed by atoms with E-state index in [0.717, 1.165) is 11.1 Å². The lowest BCUT2D eigenvalue weighted by Gasteiger charge is -2.17. The highest BCUT2D eigenvalue weighted by Gasteiger charge is 2.34. The molecule has 0 spiro atoms. The Hall–Kier alpha value is -2.83. The maximum atomic E-state index is 12.8. The Bertz CT molecular complexity index is 1110. The molecule has 0 saturated carbocycles. The van der Waals surface area contributed by atoms with Gasteiger partial charge in [-0.05, 0) is 30.2 Å². The maximum absolute atomic E-state index is 12.8. The number of benzene rings is 2. The highest BCUT2D eigenvalue weighted by molar-refractivity contribution is 6.35. The van der Waals surface area contributed by atoms with E-state index < -0.39 is 5.92 Å². The van der Waals surface area contributed by atoms with Gasteiger partial charge in [-0.1, -0.05) is 59.1 Å². The topological polar surface area (TPSA) is 67.2 Å². The molecule has 1 fully saturated rings. The van der Waals surface area contributed by atoms with E-state index in [-0.39, 0.29) is 18.2 Å². The molecule has 8 heteroatoms. The molecule has 2 aromatic carbocycles. The Labute approximate surface area is 190 Å². The van der Waals surface area contributed by atoms with Crippen LogP contribution in [0.2, 0.25) is 10.0 Å². The molecule has 1 saturated heterocycles. The first-order valence-corrected chi connectivity index (χ1v) is 10.7. The molecule has 1 aliphatic rings. The number of rotatable bonds is 6. The zero-order valence-electron chi connectivity index (χ0n) is 17.0. The third kappa shape index (κ3) is 5.09. The SMILES string of the molecule is Cc1ccc(CN2CC(C(=O)Nc3ccnn3Cc3ccc(Cl)cc3Cl)CC2=O)cc1. The summed E-state index contributed by atoms with van der Waals surface area (Å²) in [6.45, 7) is 3.32. The minimum absolute atomic E-state index is 0.0119. The predicted molar refractivity (Wildman–Crippen MR) is 121 cm³/mol. The number of carbonyl (C=O) groups excluding carboxylic acids is 2. The molecule has 0 aliphatic carbocycles. The molecule has 1 N–H and O–H groups in total. The third-order valence-corrected chi connectivity index (χ3v) is 5.97. The first kappa shape index (κ1) is 21.4. The van der Waals surface area contributed by atoms with Crippen molar-refractivity contribution in [1.29, 1.82) is 0 Å². The highest BCUT2D eigenvalue weighted by atomic mass is 35.5. The number of aryl methyl sites for hydroxylation is 1. The average molecular weight is 457 g/mol. The molecule has 1 aromatic heterocycles. The van der Waals surface area contributed by atoms with E-state index in [4.69, 9.17) is 23.2 Å². The molecule has 1 aliphatic heterocycles. The van der Waals surface area contributed by atoms with Gasteiger partial charge in [-0.25, -0.2) is 4.68 Å². The summed E-state index contributed by atoms with van der Waals surface area (Å²) in [5.74, 6) is -0.0493. The van der Waals surface area contributed by atoms with Crippen molar-refractivity contribution in [2.75, 3.05) is 11.9 Å². The molecule has 1 unspecified atom stereocenters. The van der Waals surface area contributed by atoms with Crippen LogP contribution in [0, 0.1) is 12.8 Å². The second kappa shape index (κ2) is 9.12. The summed E-state index contributed by atoms with van der Waals surface area (Å²) >= 11 is 12.2. The van der Waals surface area contributed by atoms with Crippen LogP contribution in [-0.2, 0) is 22.7 Å². The average Bonchev–Trinajstić information content (AvgIpc) is 3.32. The lowest BCUT2D eigenvalue weighted by molar-refractivity contribution is -0.128. The van der Waals surface area contributed by atoms with Crippen molar-refractivity contribution in [1.82, 2.24) is 14.7 Å². The van der Waals surface area contributed by atoms with Gasteiger partial charge in [-0.2, -0.15) is 5.10 Å². The fraction of sp³-hybridized carbons (Fsp3) is 0.261. The van der Waals surface area contributed by atoms with Crippen LogP contribution in [0.3, 0.4) is 0 Å². The maximum Gasteiger partial charge on any atom is 0.230 e. The monoisotopic (exact) mass is 456 g/mol. The number of likely N-dealkylation sites (tertiary alicyclic amines) is 1. The molecule has 0 bridgehead atoms. The number of amides is 2. The van der Waals surface area contributed by atoms with Crippen LogP contribution in [-0.4, -0.2) is 33.0 Å². The molecule has 4 rings (SSSR count). The van der Waals surface area contributed by atoms with Crippen LogP contribution in [0.25, 0.3) is 0 Å². The lowest BCUT2D eigenvalue weighted by atomic mass is 10.1. The van der Waals surface area contributed by atoms with Gasteiger partial charge in [0.1, 0.15) is 5.82 Å². The van der Waals surface area contributed by atoms with Crippen molar-refractivity contribution in [3.8, 4) is 0 Å². The van der Waals surface area contributed by atoms with E-state index in [0.29, 0.717) is 35.5 Å². The smallest absolute Gasteiger partial charge is 0.230 e. The van der Waals surface area contributed by atoms with Crippen LogP contribution in [0.1, 0.15) is 23.1 Å². The van der Waals surface area contributed by atoms with Gasteiger partial charge in [0.2, 0.25) is 11.8 Å². The fourth-order valence-corrected chi connectivity index (χ4v) is 4.09. The number of nitrogens with zero attached hydrogens (tertiary/aromatic N) is 3. The zero-order valence-corrected chi connectivity index (χ0v) is 18.5. The van der Waals surface area contributed by atoms with Gasteiger partial charge in [-0.15, -0.1) is 0 Å². The van der Waals surface area contributed by atoms with Gasteiger partial charge < -0.3 is 10.2 Å². The van der Waals surface area contributed by atoms with Gasteiger partial charge in [-0.3, -0.25) is 9.59 Å². The van der Waals surface area contributed by atoms with E-state index >= 15 is 0 Å². The first-order valence-electron chi connectivity index (χ1n) is 9.99. The molecule has 2 heterocycles. The number of aromatic nitrogens is 2. The van der Waals surface area contributed by atoms with Gasteiger partial charge in [0.25, 0.3) is 0 Å². The second-order valence-corrected chi connectivity index (χ2v) is 8.60. The summed E-state index contributed by atoms with van der Waals surface area (Å²) in [5, 5.41) is 8.28. The van der Waals surface area contributed by atoms with Crippen molar-refractivity contribution in [2.24, 2.45) is 5.92 Å². The van der Waals surface area contributed by atoms with Crippen LogP contribution >= 0.6 is 23.2 Å². The Morgan fingerprint density at radius 1 is 1.13 bits per heavy atom. The number of hydrogen-bond acceptors (Lipinski definition) is 3. The summed E-state index contributed by atoms with van der Waals surface area (Å²) in [5.41, 5.74) is 3.06. The summed E-state index contributed by atoms with van der Waals surface area (Å²) in [6, 6.07) is 15.1. The molecule has 6 nitrogen and oxygen atoms in total. The Morgan fingerprint density at radius 2 is 1.90 bits per heavy atom. The minimum atomic E-state index is -0.402. The van der Waals surface area contributed by atoms with Crippen molar-refractivity contribution in [3.05, 3.63) is 81.5 Å². The lowest BCUT2D eigenvalue weighted by Crippen LogP contribution is -2.28. The van der Waals surface area contributed by atoms with Crippen LogP contribution in [0.5, 0.6) is 0 Å². The third-order valence-electron chi connectivity index (χ3n) is 5.38. The molecule has 160 valence electrons. The highest BCUT2D eigenvalue weighted by Crippen LogP contribution is 2.24. The van der Waals surface area contributed by atoms with E-state index in [1.54, 1.807) is 34.0 Å². The zero-order chi connectivity index (χ0) is 22.0. The number of halogens is 2. The van der Waals surface area contributed by atoms with Crippen molar-refractivity contribution in [2.45, 2.75) is 26.4 Å². The number of nitrogens with one attached hydrogen (secondary N) is 1. The number of hydrogen-bond donors (Lipinski definition) is 1. The molecule has 3 aromatic rings. The summed E-state index contributed by atoms with van der Waals surface area (Å²) in [4.78, 5) is 27.0. The van der Waals surface area contributed by atoms with E-state index in [1.807, 2.05) is 37.3 Å². The minimum Gasteiger partial charge on any atom is -0.338 e. The summed E-state index contributed by atoms with van der Waals surface area (Å²) in [7, 11) is 0. The molecule has 31 heavy (non-hydrogen) atoms. The number of anilines is 1. The van der Waals surface area contributed by atoms with E-state index in [9.17, 15) is 9.59 Å². The summed E-state index contributed by atoms with van der Waals surface area (Å²) < 4.78 is 1.66. The van der Waals surface area contributed by atoms with E-state index in [2.05, 4.69) is 10.4 Å². The summed E-state index contributed by atoms with van der Waals surface area (Å²) in [6.07, 6.45) is 1.82. The first-order chi connectivity index (χ1) is 14.9. The van der Waals surface area contributed by atoms with Gasteiger partial charge >= 0.3 is 0 Å². The van der Waals surface area contributed by atoms with Crippen LogP contribution in [0.15, 0.2) is 54.7 Å². The molecule has 1 atom stereocenters. The Morgan fingerprint density at radius 3 is 2.65 bits per heavy atom. The molecule has 2 amide bonds. The van der Waals surface area contributed by atoms with Gasteiger partial charge in [0, 0.05) is 35.6 Å². The molecule has 0 radical (unpaired) electrons. The van der Waals surface area contributed by atoms with Crippen molar-refractivity contribution in [3.63, 3.8) is 0 Å². The quantitative estimate of drug-likeness (QED) is 0.592. The van der Waals surface area contributed by atoms with Crippen LogP contribution < -0.4 is 5.32 Å². The van der Waals surface area contributed by atoms with Gasteiger partial charge in [0.15, 0.2) is 0 Å². The van der Waals surface area contributed by atoms with E-state index in [1.165, 1.54) is 5.56 Å². The van der Waals surface area contributed by atoms with Crippen molar-refractivity contribution < 1.29 is 9.59 Å². The Kier molecular flexibility index (Phi) is 6.30. The molecular formula is C23H22Cl2N4O2. The Balaban J connectivity index is 1.39. The van der Waals surface area contributed by atoms with Crippen LogP contribution in [0.4, 0.5) is 5.82 Å². The fourth-order valence-electron chi connectivity index (χ4n) is 3.62. The normalized spacial score (nSPS) is 16.0. The standard InChI is InChI=1S/C23H22Cl2N4O2/c1-15-2-4-16(5-3-15)12-28-13-18(10-22(28)30)23(31)27-21-8-9-26-29(21)14-17-6-7-19(24)11-20(17)25/h2-9,11,18H,10,12-14H2,1H3,(H,27,31).